The number of hydrogen-bond acceptors (Lipinski definition) is 2. The summed E-state index contributed by atoms with van der Waals surface area (Å²) >= 11 is 5.85. The van der Waals surface area contributed by atoms with Crippen LogP contribution in [0.5, 0.6) is 0 Å². The highest BCUT2D eigenvalue weighted by Crippen LogP contribution is 2.41. The van der Waals surface area contributed by atoms with Crippen LogP contribution in [0.15, 0.2) is 54.7 Å². The zero-order valence-corrected chi connectivity index (χ0v) is 13.4. The second-order valence-corrected chi connectivity index (χ2v) is 6.65. The molecule has 4 rings (SSSR count). The first-order valence-electron chi connectivity index (χ1n) is 7.87. The number of carbonyl (C=O) groups excluding carboxylic acids is 1. The zero-order valence-electron chi connectivity index (χ0n) is 12.7. The topological polar surface area (TPSA) is 33.2 Å². The smallest absolute Gasteiger partial charge is 0.253 e. The highest BCUT2D eigenvalue weighted by molar-refractivity contribution is 6.29. The standard InChI is InChI=1S/C19H17ClN2O/c20-18-7-6-14(10-21-18)15-8-16-11-22(12-17(16)9-15)19(23)13-4-2-1-3-5-13/h1-8,10,16-17H,9,11-12H2. The summed E-state index contributed by atoms with van der Waals surface area (Å²) in [6.45, 7) is 1.64. The summed E-state index contributed by atoms with van der Waals surface area (Å²) < 4.78 is 0. The summed E-state index contributed by atoms with van der Waals surface area (Å²) in [5.41, 5.74) is 3.25. The highest BCUT2D eigenvalue weighted by Gasteiger charge is 2.38. The lowest BCUT2D eigenvalue weighted by molar-refractivity contribution is 0.0785. The third-order valence-electron chi connectivity index (χ3n) is 4.80. The van der Waals surface area contributed by atoms with E-state index in [1.807, 2.05) is 53.6 Å². The number of halogens is 1. The van der Waals surface area contributed by atoms with Crippen molar-refractivity contribution < 1.29 is 4.79 Å². The Morgan fingerprint density at radius 3 is 2.65 bits per heavy atom. The summed E-state index contributed by atoms with van der Waals surface area (Å²) in [5, 5.41) is 0.521. The Balaban J connectivity index is 1.48. The summed E-state index contributed by atoms with van der Waals surface area (Å²) in [6.07, 6.45) is 5.16. The lowest BCUT2D eigenvalue weighted by Crippen LogP contribution is -2.29. The van der Waals surface area contributed by atoms with Gasteiger partial charge in [-0.1, -0.05) is 41.9 Å². The Morgan fingerprint density at radius 2 is 1.96 bits per heavy atom. The van der Waals surface area contributed by atoms with Crippen LogP contribution in [0.3, 0.4) is 0 Å². The van der Waals surface area contributed by atoms with Crippen LogP contribution in [0.25, 0.3) is 5.57 Å². The van der Waals surface area contributed by atoms with Crippen molar-refractivity contribution in [2.75, 3.05) is 13.1 Å². The van der Waals surface area contributed by atoms with Gasteiger partial charge < -0.3 is 4.90 Å². The summed E-state index contributed by atoms with van der Waals surface area (Å²) in [5.74, 6) is 1.12. The molecular formula is C19H17ClN2O. The third-order valence-corrected chi connectivity index (χ3v) is 5.02. The molecule has 116 valence electrons. The summed E-state index contributed by atoms with van der Waals surface area (Å²) in [4.78, 5) is 18.7. The number of amides is 1. The number of rotatable bonds is 2. The molecular weight excluding hydrogens is 308 g/mol. The van der Waals surface area contributed by atoms with Crippen LogP contribution < -0.4 is 0 Å². The molecule has 1 aliphatic heterocycles. The van der Waals surface area contributed by atoms with Gasteiger partial charge in [-0.25, -0.2) is 4.98 Å². The monoisotopic (exact) mass is 324 g/mol. The lowest BCUT2D eigenvalue weighted by Gasteiger charge is -2.17. The number of fused-ring (bicyclic) bond motifs is 1. The number of pyridine rings is 1. The molecule has 0 saturated carbocycles. The maximum Gasteiger partial charge on any atom is 0.253 e. The van der Waals surface area contributed by atoms with Crippen molar-refractivity contribution in [3.05, 3.63) is 71.0 Å². The van der Waals surface area contributed by atoms with Crippen molar-refractivity contribution in [2.24, 2.45) is 11.8 Å². The van der Waals surface area contributed by atoms with Gasteiger partial charge in [0.2, 0.25) is 0 Å². The number of likely N-dealkylation sites (tertiary alicyclic amines) is 1. The molecule has 2 aromatic rings. The van der Waals surface area contributed by atoms with E-state index in [1.165, 1.54) is 5.57 Å². The first-order chi connectivity index (χ1) is 11.2. The quantitative estimate of drug-likeness (QED) is 0.785. The number of aromatic nitrogens is 1. The Morgan fingerprint density at radius 1 is 1.13 bits per heavy atom. The molecule has 0 N–H and O–H groups in total. The normalized spacial score (nSPS) is 22.8. The molecule has 1 fully saturated rings. The van der Waals surface area contributed by atoms with Crippen molar-refractivity contribution >= 4 is 23.1 Å². The van der Waals surface area contributed by atoms with Crippen molar-refractivity contribution in [1.82, 2.24) is 9.88 Å². The minimum atomic E-state index is 0.142. The van der Waals surface area contributed by atoms with E-state index >= 15 is 0 Å². The van der Waals surface area contributed by atoms with Gasteiger partial charge in [-0.2, -0.15) is 0 Å². The van der Waals surface area contributed by atoms with Crippen LogP contribution in [-0.4, -0.2) is 28.9 Å². The molecule has 0 radical (unpaired) electrons. The number of hydrogen-bond donors (Lipinski definition) is 0. The first-order valence-corrected chi connectivity index (χ1v) is 8.25. The van der Waals surface area contributed by atoms with E-state index in [0.717, 1.165) is 30.6 Å². The van der Waals surface area contributed by atoms with Gasteiger partial charge >= 0.3 is 0 Å². The second kappa shape index (κ2) is 5.82. The van der Waals surface area contributed by atoms with E-state index in [-0.39, 0.29) is 5.91 Å². The largest absolute Gasteiger partial charge is 0.338 e. The predicted octanol–water partition coefficient (Wildman–Crippen LogP) is 3.91. The Labute approximate surface area is 140 Å². The van der Waals surface area contributed by atoms with Crippen molar-refractivity contribution in [1.29, 1.82) is 0 Å². The molecule has 2 heterocycles. The molecule has 4 heteroatoms. The molecule has 0 bridgehead atoms. The van der Waals surface area contributed by atoms with E-state index < -0.39 is 0 Å². The molecule has 1 aromatic carbocycles. The third kappa shape index (κ3) is 2.77. The first kappa shape index (κ1) is 14.5. The molecule has 1 amide bonds. The molecule has 2 unspecified atom stereocenters. The van der Waals surface area contributed by atoms with Crippen LogP contribution in [0.2, 0.25) is 5.15 Å². The minimum absolute atomic E-state index is 0.142. The Bertz CT molecular complexity index is 755. The summed E-state index contributed by atoms with van der Waals surface area (Å²) in [7, 11) is 0. The fraction of sp³-hybridized carbons (Fsp3) is 0.263. The molecule has 2 atom stereocenters. The van der Waals surface area contributed by atoms with Crippen LogP contribution in [0, 0.1) is 11.8 Å². The molecule has 0 spiro atoms. The van der Waals surface area contributed by atoms with E-state index in [2.05, 4.69) is 11.1 Å². The molecule has 1 aliphatic carbocycles. The van der Waals surface area contributed by atoms with Gasteiger partial charge in [0, 0.05) is 24.8 Å². The fourth-order valence-corrected chi connectivity index (χ4v) is 3.73. The fourth-order valence-electron chi connectivity index (χ4n) is 3.62. The van der Waals surface area contributed by atoms with E-state index in [9.17, 15) is 4.79 Å². The second-order valence-electron chi connectivity index (χ2n) is 6.27. The van der Waals surface area contributed by atoms with Crippen LogP contribution >= 0.6 is 11.6 Å². The van der Waals surface area contributed by atoms with Gasteiger partial charge in [0.25, 0.3) is 5.91 Å². The molecule has 1 saturated heterocycles. The van der Waals surface area contributed by atoms with E-state index in [0.29, 0.717) is 17.0 Å². The molecule has 2 aliphatic rings. The molecule has 23 heavy (non-hydrogen) atoms. The van der Waals surface area contributed by atoms with E-state index in [1.54, 1.807) is 0 Å². The maximum atomic E-state index is 12.5. The highest BCUT2D eigenvalue weighted by atomic mass is 35.5. The van der Waals surface area contributed by atoms with Crippen molar-refractivity contribution in [2.45, 2.75) is 6.42 Å². The number of allylic oxidation sites excluding steroid dienone is 1. The Kier molecular flexibility index (Phi) is 3.66. The zero-order chi connectivity index (χ0) is 15.8. The van der Waals surface area contributed by atoms with Crippen LogP contribution in [0.4, 0.5) is 0 Å². The molecule has 3 nitrogen and oxygen atoms in total. The lowest BCUT2D eigenvalue weighted by atomic mass is 9.99. The van der Waals surface area contributed by atoms with E-state index in [4.69, 9.17) is 11.6 Å². The van der Waals surface area contributed by atoms with Gasteiger partial charge in [-0.05, 0) is 47.6 Å². The van der Waals surface area contributed by atoms with Gasteiger partial charge in [0.05, 0.1) is 0 Å². The minimum Gasteiger partial charge on any atom is -0.338 e. The van der Waals surface area contributed by atoms with Crippen molar-refractivity contribution in [3.63, 3.8) is 0 Å². The average Bonchev–Trinajstić information content (AvgIpc) is 3.14. The molecule has 1 aromatic heterocycles. The van der Waals surface area contributed by atoms with Crippen LogP contribution in [0.1, 0.15) is 22.3 Å². The van der Waals surface area contributed by atoms with Crippen LogP contribution in [-0.2, 0) is 0 Å². The summed E-state index contributed by atoms with van der Waals surface area (Å²) in [6, 6.07) is 13.4. The maximum absolute atomic E-state index is 12.5. The number of carbonyl (C=O) groups is 1. The van der Waals surface area contributed by atoms with Crippen molar-refractivity contribution in [3.8, 4) is 0 Å². The van der Waals surface area contributed by atoms with Gasteiger partial charge in [0.1, 0.15) is 5.15 Å². The Hall–Kier alpha value is -2.13. The average molecular weight is 325 g/mol. The predicted molar refractivity (Wildman–Crippen MR) is 91.2 cm³/mol. The number of nitrogens with zero attached hydrogens (tertiary/aromatic N) is 2. The van der Waals surface area contributed by atoms with Gasteiger partial charge in [-0.15, -0.1) is 0 Å². The SMILES string of the molecule is O=C(c1ccccc1)N1CC2C=C(c3ccc(Cl)nc3)CC2C1. The number of benzene rings is 1. The van der Waals surface area contributed by atoms with Gasteiger partial charge in [-0.3, -0.25) is 4.79 Å². The van der Waals surface area contributed by atoms with Gasteiger partial charge in [0.15, 0.2) is 0 Å².